The second-order valence-corrected chi connectivity index (χ2v) is 7.77. The van der Waals surface area contributed by atoms with Gasteiger partial charge in [0.15, 0.2) is 0 Å². The molecule has 2 N–H and O–H groups in total. The fraction of sp³-hybridized carbons (Fsp3) is 0.750. The van der Waals surface area contributed by atoms with Gasteiger partial charge in [-0.3, -0.25) is 4.68 Å². The van der Waals surface area contributed by atoms with Gasteiger partial charge in [-0.25, -0.2) is 4.79 Å². The maximum atomic E-state index is 12.1. The Labute approximate surface area is 131 Å². The van der Waals surface area contributed by atoms with Crippen LogP contribution in [0.3, 0.4) is 0 Å². The molecule has 0 spiro atoms. The molecular formula is C16H26N4O2. The number of likely N-dealkylation sites (tertiary alicyclic amines) is 1. The highest BCUT2D eigenvalue weighted by atomic mass is 16.6. The predicted molar refractivity (Wildman–Crippen MR) is 84.6 cm³/mol. The van der Waals surface area contributed by atoms with Crippen LogP contribution < -0.4 is 5.73 Å². The highest BCUT2D eigenvalue weighted by molar-refractivity contribution is 5.69. The van der Waals surface area contributed by atoms with E-state index in [1.165, 1.54) is 5.69 Å². The summed E-state index contributed by atoms with van der Waals surface area (Å²) in [6.07, 6.45) is -0.199. The Morgan fingerprint density at radius 3 is 2.45 bits per heavy atom. The Kier molecular flexibility index (Phi) is 3.38. The van der Waals surface area contributed by atoms with Crippen LogP contribution in [0.5, 0.6) is 0 Å². The molecule has 3 atom stereocenters. The van der Waals surface area contributed by atoms with Gasteiger partial charge in [0.05, 0.1) is 0 Å². The van der Waals surface area contributed by atoms with Crippen molar-refractivity contribution in [2.45, 2.75) is 52.2 Å². The highest BCUT2D eigenvalue weighted by Crippen LogP contribution is 2.58. The van der Waals surface area contributed by atoms with Crippen LogP contribution in [0.25, 0.3) is 0 Å². The zero-order valence-corrected chi connectivity index (χ0v) is 14.0. The second kappa shape index (κ2) is 4.89. The average molecular weight is 306 g/mol. The van der Waals surface area contributed by atoms with Crippen LogP contribution in [0.4, 0.5) is 10.6 Å². The van der Waals surface area contributed by atoms with Crippen LogP contribution >= 0.6 is 0 Å². The summed E-state index contributed by atoms with van der Waals surface area (Å²) in [5, 5.41) is 4.39. The SMILES string of the molecule is CC(C)n1nc(N)cc1C1[C@H]2CN(C(=O)OC(C)(C)C)C[C@@H]12. The molecular weight excluding hydrogens is 280 g/mol. The van der Waals surface area contributed by atoms with Gasteiger partial charge in [-0.05, 0) is 46.5 Å². The topological polar surface area (TPSA) is 73.4 Å². The van der Waals surface area contributed by atoms with E-state index >= 15 is 0 Å². The fourth-order valence-corrected chi connectivity index (χ4v) is 3.53. The lowest BCUT2D eigenvalue weighted by atomic mass is 10.2. The van der Waals surface area contributed by atoms with Crippen molar-refractivity contribution in [3.8, 4) is 0 Å². The molecule has 1 amide bonds. The van der Waals surface area contributed by atoms with Crippen molar-refractivity contribution in [2.24, 2.45) is 11.8 Å². The van der Waals surface area contributed by atoms with Crippen molar-refractivity contribution in [2.75, 3.05) is 18.8 Å². The molecule has 1 aromatic heterocycles. The summed E-state index contributed by atoms with van der Waals surface area (Å²) >= 11 is 0. The number of nitrogens with zero attached hydrogens (tertiary/aromatic N) is 3. The number of aromatic nitrogens is 2. The monoisotopic (exact) mass is 306 g/mol. The van der Waals surface area contributed by atoms with Crippen LogP contribution in [0.1, 0.15) is 52.3 Å². The minimum absolute atomic E-state index is 0.199. The lowest BCUT2D eigenvalue weighted by Gasteiger charge is -2.26. The molecule has 1 saturated heterocycles. The summed E-state index contributed by atoms with van der Waals surface area (Å²) in [6, 6.07) is 2.29. The third-order valence-corrected chi connectivity index (χ3v) is 4.46. The number of fused-ring (bicyclic) bond motifs is 1. The molecule has 0 bridgehead atoms. The first-order chi connectivity index (χ1) is 10.2. The van der Waals surface area contributed by atoms with Crippen molar-refractivity contribution in [1.29, 1.82) is 0 Å². The van der Waals surface area contributed by atoms with Crippen LogP contribution in [0, 0.1) is 11.8 Å². The zero-order valence-electron chi connectivity index (χ0n) is 14.0. The van der Waals surface area contributed by atoms with E-state index in [0.29, 0.717) is 29.6 Å². The molecule has 0 radical (unpaired) electrons. The predicted octanol–water partition coefficient (Wildman–Crippen LogP) is 2.63. The number of amides is 1. The van der Waals surface area contributed by atoms with E-state index in [9.17, 15) is 4.79 Å². The van der Waals surface area contributed by atoms with Gasteiger partial charge in [0.25, 0.3) is 0 Å². The molecule has 1 aromatic rings. The van der Waals surface area contributed by atoms with E-state index in [-0.39, 0.29) is 6.09 Å². The molecule has 1 saturated carbocycles. The van der Waals surface area contributed by atoms with E-state index in [0.717, 1.165) is 13.1 Å². The van der Waals surface area contributed by atoms with Gasteiger partial charge in [-0.15, -0.1) is 0 Å². The van der Waals surface area contributed by atoms with Crippen LogP contribution in [0.15, 0.2) is 6.07 Å². The number of hydrogen-bond donors (Lipinski definition) is 1. The molecule has 122 valence electrons. The molecule has 1 unspecified atom stereocenters. The molecule has 0 aromatic carbocycles. The first-order valence-electron chi connectivity index (χ1n) is 8.00. The number of nitrogen functional groups attached to an aromatic ring is 1. The molecule has 6 heteroatoms. The number of rotatable bonds is 2. The normalized spacial score (nSPS) is 27.2. The lowest BCUT2D eigenvalue weighted by molar-refractivity contribution is 0.0270. The van der Waals surface area contributed by atoms with Gasteiger partial charge in [-0.2, -0.15) is 5.10 Å². The largest absolute Gasteiger partial charge is 0.444 e. The van der Waals surface area contributed by atoms with Gasteiger partial charge in [0, 0.05) is 36.8 Å². The van der Waals surface area contributed by atoms with Gasteiger partial charge in [0.1, 0.15) is 11.4 Å². The summed E-state index contributed by atoms with van der Waals surface area (Å²) in [7, 11) is 0. The minimum atomic E-state index is -0.437. The van der Waals surface area contributed by atoms with Crippen molar-refractivity contribution in [3.63, 3.8) is 0 Å². The number of carbonyl (C=O) groups is 1. The van der Waals surface area contributed by atoms with Gasteiger partial charge < -0.3 is 15.4 Å². The first kappa shape index (κ1) is 15.2. The molecule has 2 aliphatic rings. The number of ether oxygens (including phenoxy) is 1. The van der Waals surface area contributed by atoms with Gasteiger partial charge in [0.2, 0.25) is 0 Å². The Balaban J connectivity index is 1.65. The summed E-state index contributed by atoms with van der Waals surface area (Å²) in [5.74, 6) is 2.09. The zero-order chi connectivity index (χ0) is 16.2. The van der Waals surface area contributed by atoms with Crippen LogP contribution in [-0.2, 0) is 4.74 Å². The van der Waals surface area contributed by atoms with Crippen LogP contribution in [-0.4, -0.2) is 39.5 Å². The number of carbonyl (C=O) groups excluding carboxylic acids is 1. The third-order valence-electron chi connectivity index (χ3n) is 4.46. The molecule has 22 heavy (non-hydrogen) atoms. The Morgan fingerprint density at radius 2 is 1.95 bits per heavy atom. The van der Waals surface area contributed by atoms with Crippen molar-refractivity contribution < 1.29 is 9.53 Å². The van der Waals surface area contributed by atoms with Crippen molar-refractivity contribution in [1.82, 2.24) is 14.7 Å². The Hall–Kier alpha value is -1.72. The number of anilines is 1. The maximum Gasteiger partial charge on any atom is 0.410 e. The van der Waals surface area contributed by atoms with E-state index in [1.807, 2.05) is 36.4 Å². The second-order valence-electron chi connectivity index (χ2n) is 7.77. The van der Waals surface area contributed by atoms with Crippen molar-refractivity contribution >= 4 is 11.9 Å². The molecule has 3 rings (SSSR count). The highest BCUT2D eigenvalue weighted by Gasteiger charge is 2.59. The van der Waals surface area contributed by atoms with E-state index in [2.05, 4.69) is 18.9 Å². The average Bonchev–Trinajstić information content (AvgIpc) is 2.74. The van der Waals surface area contributed by atoms with E-state index in [4.69, 9.17) is 10.5 Å². The fourth-order valence-electron chi connectivity index (χ4n) is 3.53. The smallest absolute Gasteiger partial charge is 0.410 e. The quantitative estimate of drug-likeness (QED) is 0.911. The maximum absolute atomic E-state index is 12.1. The van der Waals surface area contributed by atoms with E-state index < -0.39 is 5.60 Å². The standard InChI is InChI=1S/C16H26N4O2/c1-9(2)20-12(6-13(17)18-20)14-10-7-19(8-11(10)14)15(21)22-16(3,4)5/h6,9-11,14H,7-8H2,1-5H3,(H2,17,18)/t10-,11+,14?. The van der Waals surface area contributed by atoms with Gasteiger partial charge in [-0.1, -0.05) is 0 Å². The summed E-state index contributed by atoms with van der Waals surface area (Å²) < 4.78 is 7.47. The minimum Gasteiger partial charge on any atom is -0.444 e. The van der Waals surface area contributed by atoms with Gasteiger partial charge >= 0.3 is 6.09 Å². The molecule has 2 heterocycles. The Morgan fingerprint density at radius 1 is 1.36 bits per heavy atom. The summed E-state index contributed by atoms with van der Waals surface area (Å²) in [5.41, 5.74) is 6.64. The molecule has 6 nitrogen and oxygen atoms in total. The van der Waals surface area contributed by atoms with Crippen molar-refractivity contribution in [3.05, 3.63) is 11.8 Å². The molecule has 2 fully saturated rings. The Bertz CT molecular complexity index is 575. The number of piperidine rings is 1. The number of hydrogen-bond acceptors (Lipinski definition) is 4. The lowest BCUT2D eigenvalue weighted by Crippen LogP contribution is -2.37. The number of nitrogens with two attached hydrogens (primary N) is 1. The van der Waals surface area contributed by atoms with E-state index in [1.54, 1.807) is 0 Å². The van der Waals surface area contributed by atoms with Crippen LogP contribution in [0.2, 0.25) is 0 Å². The molecule has 1 aliphatic heterocycles. The summed E-state index contributed by atoms with van der Waals surface area (Å²) in [6.45, 7) is 11.5. The first-order valence-corrected chi connectivity index (χ1v) is 8.00. The summed E-state index contributed by atoms with van der Waals surface area (Å²) in [4.78, 5) is 13.9. The third kappa shape index (κ3) is 2.66. The molecule has 1 aliphatic carbocycles.